The van der Waals surface area contributed by atoms with E-state index in [-0.39, 0.29) is 29.4 Å². The number of aromatic hydroxyl groups is 1. The standard InChI is InChI=1S/C19H30N2O3/c1-14-12-21(13-15(2)24-14)10-9-18(23)20-19(3,4)11-16-5-7-17(22)8-6-16/h5-8,14-15,22H,9-13H2,1-4H3,(H,20,23)/t14-,15+. The van der Waals surface area contributed by atoms with Gasteiger partial charge in [-0.1, -0.05) is 12.1 Å². The van der Waals surface area contributed by atoms with Gasteiger partial charge >= 0.3 is 0 Å². The summed E-state index contributed by atoms with van der Waals surface area (Å²) in [5.41, 5.74) is 0.772. The van der Waals surface area contributed by atoms with Crippen LogP contribution in [0.4, 0.5) is 0 Å². The molecular weight excluding hydrogens is 304 g/mol. The fraction of sp³-hybridized carbons (Fsp3) is 0.632. The van der Waals surface area contributed by atoms with E-state index in [1.54, 1.807) is 12.1 Å². The summed E-state index contributed by atoms with van der Waals surface area (Å²) < 4.78 is 5.72. The van der Waals surface area contributed by atoms with Crippen LogP contribution in [0.15, 0.2) is 24.3 Å². The second-order valence-corrected chi connectivity index (χ2v) is 7.54. The summed E-state index contributed by atoms with van der Waals surface area (Å²) >= 11 is 0. The van der Waals surface area contributed by atoms with Crippen molar-refractivity contribution in [2.75, 3.05) is 19.6 Å². The second kappa shape index (κ2) is 7.99. The van der Waals surface area contributed by atoms with E-state index in [9.17, 15) is 9.90 Å². The fourth-order valence-electron chi connectivity index (χ4n) is 3.33. The van der Waals surface area contributed by atoms with Gasteiger partial charge in [-0.25, -0.2) is 0 Å². The van der Waals surface area contributed by atoms with Gasteiger partial charge in [0.1, 0.15) is 5.75 Å². The lowest BCUT2D eigenvalue weighted by Gasteiger charge is -2.35. The Morgan fingerprint density at radius 1 is 1.25 bits per heavy atom. The Balaban J connectivity index is 1.79. The highest BCUT2D eigenvalue weighted by molar-refractivity contribution is 5.76. The molecular formula is C19H30N2O3. The van der Waals surface area contributed by atoms with Crippen molar-refractivity contribution in [2.24, 2.45) is 0 Å². The van der Waals surface area contributed by atoms with E-state index in [2.05, 4.69) is 24.1 Å². The fourth-order valence-corrected chi connectivity index (χ4v) is 3.33. The van der Waals surface area contributed by atoms with Crippen LogP contribution < -0.4 is 5.32 Å². The van der Waals surface area contributed by atoms with Gasteiger partial charge in [0.15, 0.2) is 0 Å². The first-order valence-corrected chi connectivity index (χ1v) is 8.70. The third kappa shape index (κ3) is 6.13. The molecule has 1 aromatic carbocycles. The lowest BCUT2D eigenvalue weighted by molar-refractivity contribution is -0.124. The van der Waals surface area contributed by atoms with Gasteiger partial charge in [0.2, 0.25) is 5.91 Å². The van der Waals surface area contributed by atoms with Crippen LogP contribution in [-0.4, -0.2) is 53.3 Å². The molecule has 0 saturated carbocycles. The normalized spacial score (nSPS) is 22.3. The zero-order chi connectivity index (χ0) is 17.7. The summed E-state index contributed by atoms with van der Waals surface area (Å²) in [6.07, 6.45) is 1.67. The van der Waals surface area contributed by atoms with Gasteiger partial charge in [0.25, 0.3) is 0 Å². The number of phenols is 1. The summed E-state index contributed by atoms with van der Waals surface area (Å²) in [5.74, 6) is 0.333. The summed E-state index contributed by atoms with van der Waals surface area (Å²) in [4.78, 5) is 14.6. The lowest BCUT2D eigenvalue weighted by Crippen LogP contribution is -2.48. The number of benzene rings is 1. The summed E-state index contributed by atoms with van der Waals surface area (Å²) in [7, 11) is 0. The van der Waals surface area contributed by atoms with E-state index in [0.717, 1.165) is 31.6 Å². The SMILES string of the molecule is C[C@@H]1CN(CCC(=O)NC(C)(C)Cc2ccc(O)cc2)C[C@H](C)O1. The molecule has 1 aliphatic rings. The highest BCUT2D eigenvalue weighted by Gasteiger charge is 2.24. The number of carbonyl (C=O) groups excluding carboxylic acids is 1. The van der Waals surface area contributed by atoms with Crippen LogP contribution in [0.2, 0.25) is 0 Å². The maximum Gasteiger partial charge on any atom is 0.221 e. The van der Waals surface area contributed by atoms with Gasteiger partial charge in [-0.2, -0.15) is 0 Å². The predicted molar refractivity (Wildman–Crippen MR) is 95.1 cm³/mol. The molecule has 0 aliphatic carbocycles. The van der Waals surface area contributed by atoms with Crippen molar-refractivity contribution in [3.63, 3.8) is 0 Å². The van der Waals surface area contributed by atoms with Crippen molar-refractivity contribution < 1.29 is 14.6 Å². The Labute approximate surface area is 145 Å². The molecule has 2 N–H and O–H groups in total. The molecule has 0 spiro atoms. The average Bonchev–Trinajstić information content (AvgIpc) is 2.46. The molecule has 134 valence electrons. The minimum Gasteiger partial charge on any atom is -0.508 e. The van der Waals surface area contributed by atoms with Crippen LogP contribution >= 0.6 is 0 Å². The summed E-state index contributed by atoms with van der Waals surface area (Å²) in [6, 6.07) is 7.13. The average molecular weight is 334 g/mol. The van der Waals surface area contributed by atoms with Crippen molar-refractivity contribution in [2.45, 2.75) is 58.3 Å². The van der Waals surface area contributed by atoms with Crippen molar-refractivity contribution >= 4 is 5.91 Å². The topological polar surface area (TPSA) is 61.8 Å². The third-order valence-corrected chi connectivity index (χ3v) is 4.21. The number of phenolic OH excluding ortho intramolecular Hbond substituents is 1. The van der Waals surface area contributed by atoms with Crippen molar-refractivity contribution in [1.82, 2.24) is 10.2 Å². The zero-order valence-corrected chi connectivity index (χ0v) is 15.2. The largest absolute Gasteiger partial charge is 0.508 e. The number of amides is 1. The minimum absolute atomic E-state index is 0.0746. The molecule has 0 unspecified atom stereocenters. The van der Waals surface area contributed by atoms with Crippen molar-refractivity contribution in [1.29, 1.82) is 0 Å². The van der Waals surface area contributed by atoms with E-state index in [4.69, 9.17) is 4.74 Å². The van der Waals surface area contributed by atoms with Crippen LogP contribution in [0.1, 0.15) is 39.7 Å². The molecule has 1 aromatic rings. The van der Waals surface area contributed by atoms with E-state index < -0.39 is 0 Å². The molecule has 0 bridgehead atoms. The first-order valence-electron chi connectivity index (χ1n) is 8.70. The Morgan fingerprint density at radius 2 is 1.83 bits per heavy atom. The van der Waals surface area contributed by atoms with Gasteiger partial charge in [0, 0.05) is 31.6 Å². The molecule has 2 atom stereocenters. The molecule has 5 nitrogen and oxygen atoms in total. The number of nitrogens with zero attached hydrogens (tertiary/aromatic N) is 1. The number of rotatable bonds is 6. The molecule has 1 amide bonds. The van der Waals surface area contributed by atoms with E-state index in [1.807, 2.05) is 26.0 Å². The number of nitrogens with one attached hydrogen (secondary N) is 1. The molecule has 1 fully saturated rings. The second-order valence-electron chi connectivity index (χ2n) is 7.54. The van der Waals surface area contributed by atoms with Crippen LogP contribution in [-0.2, 0) is 16.0 Å². The van der Waals surface area contributed by atoms with Crippen molar-refractivity contribution in [3.05, 3.63) is 29.8 Å². The van der Waals surface area contributed by atoms with E-state index in [0.29, 0.717) is 6.42 Å². The van der Waals surface area contributed by atoms with Crippen molar-refractivity contribution in [3.8, 4) is 5.75 Å². The van der Waals surface area contributed by atoms with E-state index >= 15 is 0 Å². The smallest absolute Gasteiger partial charge is 0.221 e. The molecule has 5 heteroatoms. The quantitative estimate of drug-likeness (QED) is 0.838. The monoisotopic (exact) mass is 334 g/mol. The summed E-state index contributed by atoms with van der Waals surface area (Å²) in [5, 5.41) is 12.5. The van der Waals surface area contributed by atoms with Crippen LogP contribution in [0, 0.1) is 0 Å². The first-order chi connectivity index (χ1) is 11.2. The predicted octanol–water partition coefficient (Wildman–Crippen LogP) is 2.33. The zero-order valence-electron chi connectivity index (χ0n) is 15.2. The molecule has 24 heavy (non-hydrogen) atoms. The number of carbonyl (C=O) groups is 1. The Bertz CT molecular complexity index is 532. The Kier molecular flexibility index (Phi) is 6.24. The van der Waals surface area contributed by atoms with E-state index in [1.165, 1.54) is 0 Å². The third-order valence-electron chi connectivity index (χ3n) is 4.21. The maximum atomic E-state index is 12.3. The molecule has 1 heterocycles. The Hall–Kier alpha value is -1.59. The maximum absolute atomic E-state index is 12.3. The van der Waals surface area contributed by atoms with Crippen LogP contribution in [0.5, 0.6) is 5.75 Å². The molecule has 1 saturated heterocycles. The number of hydrogen-bond acceptors (Lipinski definition) is 4. The van der Waals surface area contributed by atoms with Crippen LogP contribution in [0.25, 0.3) is 0 Å². The van der Waals surface area contributed by atoms with Gasteiger partial charge in [-0.05, 0) is 51.8 Å². The van der Waals surface area contributed by atoms with Gasteiger partial charge in [-0.15, -0.1) is 0 Å². The highest BCUT2D eigenvalue weighted by atomic mass is 16.5. The van der Waals surface area contributed by atoms with Crippen LogP contribution in [0.3, 0.4) is 0 Å². The molecule has 0 radical (unpaired) electrons. The molecule has 2 rings (SSSR count). The lowest BCUT2D eigenvalue weighted by atomic mass is 9.94. The van der Waals surface area contributed by atoms with Gasteiger partial charge < -0.3 is 15.2 Å². The number of ether oxygens (including phenoxy) is 1. The number of hydrogen-bond donors (Lipinski definition) is 2. The summed E-state index contributed by atoms with van der Waals surface area (Å²) in [6.45, 7) is 10.7. The van der Waals surface area contributed by atoms with Gasteiger partial charge in [0.05, 0.1) is 12.2 Å². The number of morpholine rings is 1. The molecule has 1 aliphatic heterocycles. The Morgan fingerprint density at radius 3 is 2.42 bits per heavy atom. The minimum atomic E-state index is -0.320. The highest BCUT2D eigenvalue weighted by Crippen LogP contribution is 2.16. The van der Waals surface area contributed by atoms with Gasteiger partial charge in [-0.3, -0.25) is 9.69 Å². The first kappa shape index (κ1) is 18.7. The molecule has 0 aromatic heterocycles.